The van der Waals surface area contributed by atoms with Crippen LogP contribution in [0.25, 0.3) is 0 Å². The van der Waals surface area contributed by atoms with E-state index in [2.05, 4.69) is 48.2 Å². The van der Waals surface area contributed by atoms with E-state index < -0.39 is 0 Å². The van der Waals surface area contributed by atoms with Gasteiger partial charge in [0.15, 0.2) is 0 Å². The number of rotatable bonds is 3. The lowest BCUT2D eigenvalue weighted by Gasteiger charge is -2.36. The molecule has 2 rings (SSSR count). The normalized spacial score (nSPS) is 19.3. The molecule has 0 aliphatic carbocycles. The molecule has 1 aromatic carbocycles. The summed E-state index contributed by atoms with van der Waals surface area (Å²) in [6.07, 6.45) is 2.50. The highest BCUT2D eigenvalue weighted by molar-refractivity contribution is 5.48. The first kappa shape index (κ1) is 13.4. The van der Waals surface area contributed by atoms with Gasteiger partial charge in [-0.3, -0.25) is 0 Å². The van der Waals surface area contributed by atoms with Crippen molar-refractivity contribution in [2.24, 2.45) is 5.73 Å². The van der Waals surface area contributed by atoms with E-state index in [0.29, 0.717) is 0 Å². The predicted octanol–water partition coefficient (Wildman–Crippen LogP) is 2.24. The zero-order chi connectivity index (χ0) is 13.1. The molecule has 0 amide bonds. The molecule has 3 heteroatoms. The van der Waals surface area contributed by atoms with Gasteiger partial charge in [-0.2, -0.15) is 0 Å². The molecule has 0 unspecified atom stereocenters. The Morgan fingerprint density at radius 2 is 1.72 bits per heavy atom. The molecule has 100 valence electrons. The minimum absolute atomic E-state index is 0.124. The number of nitrogens with zero attached hydrogens (tertiary/aromatic N) is 2. The molecule has 0 aromatic heterocycles. The molecule has 1 heterocycles. The van der Waals surface area contributed by atoms with Crippen LogP contribution in [0.4, 0.5) is 5.69 Å². The second kappa shape index (κ2) is 5.72. The van der Waals surface area contributed by atoms with Gasteiger partial charge in [-0.25, -0.2) is 0 Å². The first-order chi connectivity index (χ1) is 8.58. The standard InChI is InChI=1S/C15H25N3/c1-12(16)13-4-6-15(7-5-13)18-10-8-14(9-11-18)17(2)3/h4-7,12,14H,8-11,16H2,1-3H3/t12-/m1/s1. The molecular formula is C15H25N3. The van der Waals surface area contributed by atoms with Crippen LogP contribution in [0, 0.1) is 0 Å². The zero-order valence-corrected chi connectivity index (χ0v) is 11.8. The smallest absolute Gasteiger partial charge is 0.0366 e. The monoisotopic (exact) mass is 247 g/mol. The summed E-state index contributed by atoms with van der Waals surface area (Å²) in [4.78, 5) is 4.82. The highest BCUT2D eigenvalue weighted by atomic mass is 15.2. The molecular weight excluding hydrogens is 222 g/mol. The largest absolute Gasteiger partial charge is 0.371 e. The molecule has 0 spiro atoms. The molecule has 3 nitrogen and oxygen atoms in total. The maximum atomic E-state index is 5.87. The van der Waals surface area contributed by atoms with Gasteiger partial charge in [0, 0.05) is 30.9 Å². The van der Waals surface area contributed by atoms with Crippen LogP contribution in [0.2, 0.25) is 0 Å². The number of nitrogens with two attached hydrogens (primary N) is 1. The summed E-state index contributed by atoms with van der Waals surface area (Å²) in [7, 11) is 4.36. The van der Waals surface area contributed by atoms with Gasteiger partial charge in [0.05, 0.1) is 0 Å². The molecule has 2 N–H and O–H groups in total. The van der Waals surface area contributed by atoms with E-state index in [0.717, 1.165) is 19.1 Å². The van der Waals surface area contributed by atoms with Crippen molar-refractivity contribution in [3.63, 3.8) is 0 Å². The summed E-state index contributed by atoms with van der Waals surface area (Å²) < 4.78 is 0. The summed E-state index contributed by atoms with van der Waals surface area (Å²) in [6, 6.07) is 9.57. The Kier molecular flexibility index (Phi) is 4.25. The van der Waals surface area contributed by atoms with Crippen molar-refractivity contribution in [2.75, 3.05) is 32.1 Å². The summed E-state index contributed by atoms with van der Waals surface area (Å²) in [6.45, 7) is 4.33. The van der Waals surface area contributed by atoms with E-state index >= 15 is 0 Å². The predicted molar refractivity (Wildman–Crippen MR) is 78.0 cm³/mol. The fourth-order valence-electron chi connectivity index (χ4n) is 2.63. The maximum Gasteiger partial charge on any atom is 0.0366 e. The molecule has 1 aliphatic rings. The first-order valence-electron chi connectivity index (χ1n) is 6.85. The number of benzene rings is 1. The molecule has 1 aliphatic heterocycles. The SMILES string of the molecule is C[C@@H](N)c1ccc(N2CCC(N(C)C)CC2)cc1. The average Bonchev–Trinajstić information content (AvgIpc) is 2.39. The van der Waals surface area contributed by atoms with E-state index in [4.69, 9.17) is 5.73 Å². The second-order valence-corrected chi connectivity index (χ2v) is 5.56. The average molecular weight is 247 g/mol. The van der Waals surface area contributed by atoms with Crippen LogP contribution >= 0.6 is 0 Å². The molecule has 18 heavy (non-hydrogen) atoms. The van der Waals surface area contributed by atoms with Gasteiger partial charge in [-0.05, 0) is 51.6 Å². The van der Waals surface area contributed by atoms with Gasteiger partial charge >= 0.3 is 0 Å². The van der Waals surface area contributed by atoms with E-state index in [9.17, 15) is 0 Å². The van der Waals surface area contributed by atoms with Gasteiger partial charge < -0.3 is 15.5 Å². The third kappa shape index (κ3) is 3.03. The van der Waals surface area contributed by atoms with Crippen molar-refractivity contribution in [3.8, 4) is 0 Å². The third-order valence-corrected chi connectivity index (χ3v) is 3.98. The van der Waals surface area contributed by atoms with Crippen LogP contribution in [-0.2, 0) is 0 Å². The van der Waals surface area contributed by atoms with Crippen molar-refractivity contribution in [2.45, 2.75) is 31.8 Å². The minimum atomic E-state index is 0.124. The highest BCUT2D eigenvalue weighted by Gasteiger charge is 2.20. The molecule has 0 saturated carbocycles. The Morgan fingerprint density at radius 3 is 2.17 bits per heavy atom. The van der Waals surface area contributed by atoms with Crippen molar-refractivity contribution in [3.05, 3.63) is 29.8 Å². The van der Waals surface area contributed by atoms with Crippen LogP contribution < -0.4 is 10.6 Å². The van der Waals surface area contributed by atoms with E-state index in [-0.39, 0.29) is 6.04 Å². The van der Waals surface area contributed by atoms with Gasteiger partial charge in [-0.1, -0.05) is 12.1 Å². The van der Waals surface area contributed by atoms with E-state index in [1.807, 2.05) is 6.92 Å². The Labute approximate surface area is 111 Å². The van der Waals surface area contributed by atoms with Crippen LogP contribution in [0.5, 0.6) is 0 Å². The van der Waals surface area contributed by atoms with Gasteiger partial charge in [0.2, 0.25) is 0 Å². The number of hydrogen-bond donors (Lipinski definition) is 1. The Balaban J connectivity index is 1.97. The van der Waals surface area contributed by atoms with Gasteiger partial charge in [-0.15, -0.1) is 0 Å². The Bertz CT molecular complexity index is 362. The molecule has 1 atom stereocenters. The van der Waals surface area contributed by atoms with Crippen LogP contribution in [0.1, 0.15) is 31.4 Å². The van der Waals surface area contributed by atoms with Crippen molar-refractivity contribution in [1.82, 2.24) is 4.90 Å². The van der Waals surface area contributed by atoms with Crippen molar-refractivity contribution < 1.29 is 0 Å². The zero-order valence-electron chi connectivity index (χ0n) is 11.8. The highest BCUT2D eigenvalue weighted by Crippen LogP contribution is 2.23. The summed E-state index contributed by atoms with van der Waals surface area (Å²) in [5.41, 5.74) is 8.41. The number of piperidine rings is 1. The van der Waals surface area contributed by atoms with Crippen molar-refractivity contribution >= 4 is 5.69 Å². The topological polar surface area (TPSA) is 32.5 Å². The molecule has 1 fully saturated rings. The van der Waals surface area contributed by atoms with E-state index in [1.165, 1.54) is 24.1 Å². The lowest BCUT2D eigenvalue weighted by molar-refractivity contribution is 0.249. The van der Waals surface area contributed by atoms with Crippen LogP contribution in [0.15, 0.2) is 24.3 Å². The summed E-state index contributed by atoms with van der Waals surface area (Å²) in [5, 5.41) is 0. The summed E-state index contributed by atoms with van der Waals surface area (Å²) >= 11 is 0. The quantitative estimate of drug-likeness (QED) is 0.889. The molecule has 1 aromatic rings. The third-order valence-electron chi connectivity index (χ3n) is 3.98. The van der Waals surface area contributed by atoms with Crippen LogP contribution in [-0.4, -0.2) is 38.1 Å². The Hall–Kier alpha value is -1.06. The minimum Gasteiger partial charge on any atom is -0.371 e. The van der Waals surface area contributed by atoms with Crippen molar-refractivity contribution in [1.29, 1.82) is 0 Å². The lowest BCUT2D eigenvalue weighted by Crippen LogP contribution is -2.41. The second-order valence-electron chi connectivity index (χ2n) is 5.56. The fourth-order valence-corrected chi connectivity index (χ4v) is 2.63. The van der Waals surface area contributed by atoms with Gasteiger partial charge in [0.1, 0.15) is 0 Å². The molecule has 0 bridgehead atoms. The fraction of sp³-hybridized carbons (Fsp3) is 0.600. The molecule has 1 saturated heterocycles. The number of anilines is 1. The molecule has 0 radical (unpaired) electrons. The lowest BCUT2D eigenvalue weighted by atomic mass is 10.0. The van der Waals surface area contributed by atoms with Crippen LogP contribution in [0.3, 0.4) is 0 Å². The van der Waals surface area contributed by atoms with Gasteiger partial charge in [0.25, 0.3) is 0 Å². The Morgan fingerprint density at radius 1 is 1.17 bits per heavy atom. The first-order valence-corrected chi connectivity index (χ1v) is 6.85. The summed E-state index contributed by atoms with van der Waals surface area (Å²) in [5.74, 6) is 0. The van der Waals surface area contributed by atoms with E-state index in [1.54, 1.807) is 0 Å². The maximum absolute atomic E-state index is 5.87. The number of hydrogen-bond acceptors (Lipinski definition) is 3.